The minimum atomic E-state index is -0.435. The molecule has 0 saturated heterocycles. The maximum absolute atomic E-state index is 9.53. The summed E-state index contributed by atoms with van der Waals surface area (Å²) in [6.45, 7) is 18.5. The molecule has 0 aliphatic rings. The Morgan fingerprint density at radius 3 is 1.14 bits per heavy atom. The van der Waals surface area contributed by atoms with Crippen LogP contribution in [0.3, 0.4) is 0 Å². The van der Waals surface area contributed by atoms with Gasteiger partial charge in [0.2, 0.25) is 0 Å². The van der Waals surface area contributed by atoms with Crippen LogP contribution in [0.5, 0.6) is 0 Å². The standard InChI is InChI=1S/C19H38O6.CH4.2Rf.Y/c1-7-22-13-18(5,9-20)15-24-11-17(3,4)12-25-16-19(6,10-21)14-23-8-2;;;;/h20-21H,1-2,7-16H2,3-6H3;1H4;;;/q-2;;;;. The fourth-order valence-electron chi connectivity index (χ4n) is 2.09. The van der Waals surface area contributed by atoms with Crippen molar-refractivity contribution < 1.29 is 61.9 Å². The Bertz CT molecular complexity index is 323. The molecule has 0 amide bonds. The number of hydrogen-bond acceptors (Lipinski definition) is 6. The molecule has 0 aliphatic heterocycles. The fourth-order valence-corrected chi connectivity index (χ4v) is 2.09. The Morgan fingerprint density at radius 1 is 0.621 bits per heavy atom. The van der Waals surface area contributed by atoms with E-state index in [2.05, 4.69) is 27.7 Å². The predicted molar refractivity (Wildman–Crippen MR) is 105 cm³/mol. The van der Waals surface area contributed by atoms with Crippen LogP contribution in [0.4, 0.5) is 0 Å². The molecule has 167 valence electrons. The zero-order chi connectivity index (χ0) is 19.4. The van der Waals surface area contributed by atoms with Crippen molar-refractivity contribution in [3.8, 4) is 0 Å². The molecule has 6 nitrogen and oxygen atoms in total. The van der Waals surface area contributed by atoms with Crippen LogP contribution in [0.15, 0.2) is 0 Å². The Labute approximate surface area is 192 Å². The quantitative estimate of drug-likeness (QED) is 0.232. The Balaban J connectivity index is -0.000000480. The van der Waals surface area contributed by atoms with E-state index in [4.69, 9.17) is 18.9 Å². The van der Waals surface area contributed by atoms with Gasteiger partial charge < -0.3 is 43.0 Å². The number of aliphatic hydroxyl groups excluding tert-OH is 2. The monoisotopic (exact) mass is 1000 g/mol. The molecule has 2 atom stereocenters. The number of rotatable bonds is 16. The van der Waals surface area contributed by atoms with Crippen LogP contribution in [0.1, 0.15) is 35.1 Å². The number of ether oxygens (including phenoxy) is 4. The summed E-state index contributed by atoms with van der Waals surface area (Å²) < 4.78 is 22.2. The van der Waals surface area contributed by atoms with E-state index in [0.29, 0.717) is 52.9 Å². The SMILES string of the molecule is C.[CH2-]COCC(C)(CO)COCC(C)(C)COCC(C)(CO)COC[CH2-].[Rf].[Rf].[Y]. The van der Waals surface area contributed by atoms with E-state index < -0.39 is 10.8 Å². The minimum absolute atomic E-state index is 0. The van der Waals surface area contributed by atoms with Crippen molar-refractivity contribution in [3.05, 3.63) is 13.8 Å². The summed E-state index contributed by atoms with van der Waals surface area (Å²) in [6.07, 6.45) is 0. The average molecular weight is 1000 g/mol. The van der Waals surface area contributed by atoms with Gasteiger partial charge in [-0.25, -0.2) is 0 Å². The van der Waals surface area contributed by atoms with Crippen LogP contribution in [-0.4, -0.2) is 76.3 Å². The third-order valence-corrected chi connectivity index (χ3v) is 3.84. The van der Waals surface area contributed by atoms with Crippen molar-refractivity contribution in [2.45, 2.75) is 35.1 Å². The fraction of sp³-hybridized carbons (Fsp3) is 0.900. The molecule has 2 N–H and O–H groups in total. The molecule has 0 aromatic carbocycles. The molecular weight excluding hydrogens is 959 g/mol. The molecule has 0 heterocycles. The number of hydrogen-bond donors (Lipinski definition) is 2. The van der Waals surface area contributed by atoms with E-state index in [-0.39, 0.29) is 58.8 Å². The van der Waals surface area contributed by atoms with Gasteiger partial charge in [0.25, 0.3) is 0 Å². The Kier molecular flexibility index (Phi) is 25.0. The largest absolute Gasteiger partial charge is 0.413 e. The van der Waals surface area contributed by atoms with Crippen LogP contribution < -0.4 is 0 Å². The average Bonchev–Trinajstić information content (AvgIpc) is 2.57. The summed E-state index contributed by atoms with van der Waals surface area (Å²) in [6, 6.07) is 0. The number of aliphatic hydroxyl groups is 2. The maximum Gasteiger partial charge on any atom is 0.0564 e. The van der Waals surface area contributed by atoms with Gasteiger partial charge in [-0.2, -0.15) is 0 Å². The molecule has 9 heteroatoms. The molecule has 0 aromatic heterocycles. The van der Waals surface area contributed by atoms with Gasteiger partial charge in [-0.3, -0.25) is 0 Å². The summed E-state index contributed by atoms with van der Waals surface area (Å²) in [5, 5.41) is 19.1. The van der Waals surface area contributed by atoms with Crippen molar-refractivity contribution in [2.75, 3.05) is 66.1 Å². The third kappa shape index (κ3) is 17.4. The summed E-state index contributed by atoms with van der Waals surface area (Å²) >= 11 is 0. The molecule has 0 aliphatic carbocycles. The van der Waals surface area contributed by atoms with Crippen LogP contribution in [-0.2, 0) is 51.7 Å². The molecule has 2 unspecified atom stereocenters. The Morgan fingerprint density at radius 2 is 0.897 bits per heavy atom. The summed E-state index contributed by atoms with van der Waals surface area (Å²) in [7, 11) is 0. The van der Waals surface area contributed by atoms with Gasteiger partial charge in [-0.05, 0) is 0 Å². The van der Waals surface area contributed by atoms with E-state index >= 15 is 0 Å². The zero-order valence-corrected chi connectivity index (χ0v) is 34.1. The molecule has 0 fully saturated rings. The van der Waals surface area contributed by atoms with Gasteiger partial charge in [0, 0.05) is 49.0 Å². The summed E-state index contributed by atoms with van der Waals surface area (Å²) in [5.74, 6) is 0. The molecule has 0 rings (SSSR count). The molecule has 0 spiro atoms. The molecule has 0 aromatic rings. The maximum atomic E-state index is 9.53. The zero-order valence-electron chi connectivity index (χ0n) is 18.5. The van der Waals surface area contributed by atoms with Gasteiger partial charge in [-0.1, -0.05) is 48.3 Å². The van der Waals surface area contributed by atoms with Crippen molar-refractivity contribution in [2.24, 2.45) is 16.2 Å². The smallest absolute Gasteiger partial charge is 0.0564 e. The summed E-state index contributed by atoms with van der Waals surface area (Å²) in [4.78, 5) is 0. The van der Waals surface area contributed by atoms with Crippen LogP contribution >= 0.6 is 0 Å². The molecule has 29 heavy (non-hydrogen) atoms. The second-order valence-electron chi connectivity index (χ2n) is 8.19. The van der Waals surface area contributed by atoms with Gasteiger partial charge in [0.05, 0.1) is 52.9 Å². The van der Waals surface area contributed by atoms with Gasteiger partial charge in [0.1, 0.15) is 0 Å². The van der Waals surface area contributed by atoms with Gasteiger partial charge in [-0.15, -0.1) is 0 Å². The predicted octanol–water partition coefficient (Wildman–Crippen LogP) is 2.38. The van der Waals surface area contributed by atoms with Gasteiger partial charge in [0.15, 0.2) is 0 Å². The van der Waals surface area contributed by atoms with Crippen LogP contribution in [0.25, 0.3) is 0 Å². The van der Waals surface area contributed by atoms with Crippen molar-refractivity contribution in [1.82, 2.24) is 0 Å². The van der Waals surface area contributed by atoms with E-state index in [0.717, 1.165) is 0 Å². The normalized spacial score (nSPS) is 14.9. The van der Waals surface area contributed by atoms with E-state index in [1.807, 2.05) is 13.8 Å². The molecular formula is C20H42O6Rf2Y-2. The molecule has 1 radical (unpaired) electrons. The molecule has 0 bridgehead atoms. The van der Waals surface area contributed by atoms with Gasteiger partial charge >= 0.3 is 0 Å². The van der Waals surface area contributed by atoms with E-state index in [9.17, 15) is 10.2 Å². The first-order chi connectivity index (χ1) is 11.7. The molecule has 0 saturated carbocycles. The third-order valence-electron chi connectivity index (χ3n) is 3.84. The first kappa shape index (κ1) is 38.5. The van der Waals surface area contributed by atoms with E-state index in [1.165, 1.54) is 0 Å². The van der Waals surface area contributed by atoms with Crippen LogP contribution in [0.2, 0.25) is 0 Å². The topological polar surface area (TPSA) is 77.4 Å². The first-order valence-electron chi connectivity index (χ1n) is 8.77. The summed E-state index contributed by atoms with van der Waals surface area (Å²) in [5.41, 5.74) is -1.06. The van der Waals surface area contributed by atoms with E-state index in [1.54, 1.807) is 0 Å². The first-order valence-corrected chi connectivity index (χ1v) is 8.77. The second kappa shape index (κ2) is 18.9. The Hall–Kier alpha value is -1.14. The van der Waals surface area contributed by atoms with Crippen LogP contribution in [0, 0.1) is 30.1 Å². The minimum Gasteiger partial charge on any atom is -0.413 e. The van der Waals surface area contributed by atoms with Crippen molar-refractivity contribution >= 4 is 0 Å². The second-order valence-corrected chi connectivity index (χ2v) is 8.19. The van der Waals surface area contributed by atoms with Crippen molar-refractivity contribution in [1.29, 1.82) is 0 Å². The van der Waals surface area contributed by atoms with Crippen molar-refractivity contribution in [3.63, 3.8) is 0 Å².